The maximum Gasteiger partial charge on any atom is 0.00446 e. The summed E-state index contributed by atoms with van der Waals surface area (Å²) in [5.74, 6) is 2.62. The number of thioether (sulfide) groups is 1. The molecule has 3 heteroatoms. The standard InChI is InChI=1S/C5H12S3/c1-6-4-3-5-8-7-2/h3-5H2,1-2H3. The molecule has 0 spiro atoms. The Bertz CT molecular complexity index is 32.7. The summed E-state index contributed by atoms with van der Waals surface area (Å²) < 4.78 is 0. The molecule has 0 bridgehead atoms. The van der Waals surface area contributed by atoms with E-state index >= 15 is 0 Å². The van der Waals surface area contributed by atoms with E-state index in [-0.39, 0.29) is 0 Å². The molecule has 0 unspecified atom stereocenters. The van der Waals surface area contributed by atoms with Gasteiger partial charge in [-0.25, -0.2) is 0 Å². The van der Waals surface area contributed by atoms with Gasteiger partial charge >= 0.3 is 0 Å². The lowest BCUT2D eigenvalue weighted by Crippen LogP contribution is -1.78. The van der Waals surface area contributed by atoms with Crippen molar-refractivity contribution in [1.29, 1.82) is 0 Å². The third-order valence-electron chi connectivity index (χ3n) is 0.694. The van der Waals surface area contributed by atoms with Gasteiger partial charge in [-0.05, 0) is 24.7 Å². The van der Waals surface area contributed by atoms with Gasteiger partial charge in [-0.15, -0.1) is 0 Å². The molecule has 0 saturated carbocycles. The number of hydrogen-bond donors (Lipinski definition) is 0. The highest BCUT2D eigenvalue weighted by atomic mass is 33.1. The SMILES string of the molecule is CSCCCSSC. The summed E-state index contributed by atoms with van der Waals surface area (Å²) in [4.78, 5) is 0. The summed E-state index contributed by atoms with van der Waals surface area (Å²) in [5.41, 5.74) is 0. The summed E-state index contributed by atoms with van der Waals surface area (Å²) in [5, 5.41) is 0. The van der Waals surface area contributed by atoms with Crippen molar-refractivity contribution in [3.05, 3.63) is 0 Å². The predicted octanol–water partition coefficient (Wildman–Crippen LogP) is 2.75. The normalized spacial score (nSPS) is 9.75. The largest absolute Gasteiger partial charge is 0.165 e. The van der Waals surface area contributed by atoms with Crippen LogP contribution in [0.4, 0.5) is 0 Å². The first-order chi connectivity index (χ1) is 3.91. The molecule has 0 aromatic heterocycles. The van der Waals surface area contributed by atoms with Crippen LogP contribution in [0.25, 0.3) is 0 Å². The molecule has 0 rings (SSSR count). The Balaban J connectivity index is 2.53. The Morgan fingerprint density at radius 2 is 1.88 bits per heavy atom. The Labute approximate surface area is 64.0 Å². The van der Waals surface area contributed by atoms with Crippen molar-refractivity contribution in [3.8, 4) is 0 Å². The van der Waals surface area contributed by atoms with Crippen LogP contribution in [0.15, 0.2) is 0 Å². The van der Waals surface area contributed by atoms with E-state index in [1.807, 2.05) is 33.3 Å². The van der Waals surface area contributed by atoms with E-state index in [2.05, 4.69) is 12.5 Å². The van der Waals surface area contributed by atoms with Gasteiger partial charge in [0.05, 0.1) is 0 Å². The summed E-state index contributed by atoms with van der Waals surface area (Å²) >= 11 is 1.93. The minimum absolute atomic E-state index is 1.31. The minimum atomic E-state index is 1.31. The monoisotopic (exact) mass is 168 g/mol. The molecule has 0 aliphatic rings. The highest BCUT2D eigenvalue weighted by molar-refractivity contribution is 8.76. The van der Waals surface area contributed by atoms with Gasteiger partial charge in [0.2, 0.25) is 0 Å². The van der Waals surface area contributed by atoms with Gasteiger partial charge in [-0.1, -0.05) is 21.6 Å². The third-order valence-corrected chi connectivity index (χ3v) is 3.29. The molecule has 0 amide bonds. The fourth-order valence-corrected chi connectivity index (χ4v) is 2.24. The van der Waals surface area contributed by atoms with Crippen molar-refractivity contribution in [2.75, 3.05) is 24.0 Å². The zero-order valence-electron chi connectivity index (χ0n) is 5.35. The molecule has 0 atom stereocenters. The van der Waals surface area contributed by atoms with Crippen LogP contribution in [-0.4, -0.2) is 24.0 Å². The lowest BCUT2D eigenvalue weighted by molar-refractivity contribution is 1.13. The van der Waals surface area contributed by atoms with Gasteiger partial charge in [0, 0.05) is 5.75 Å². The molecule has 0 heterocycles. The zero-order chi connectivity index (χ0) is 6.24. The lowest BCUT2D eigenvalue weighted by Gasteiger charge is -1.93. The summed E-state index contributed by atoms with van der Waals surface area (Å²) in [7, 11) is 3.81. The molecule has 0 radical (unpaired) electrons. The molecule has 0 nitrogen and oxygen atoms in total. The van der Waals surface area contributed by atoms with Crippen LogP contribution in [0.3, 0.4) is 0 Å². The Hall–Kier alpha value is 1.05. The van der Waals surface area contributed by atoms with Crippen molar-refractivity contribution in [1.82, 2.24) is 0 Å². The van der Waals surface area contributed by atoms with E-state index in [0.717, 1.165) is 0 Å². The van der Waals surface area contributed by atoms with Gasteiger partial charge in [0.25, 0.3) is 0 Å². The smallest absolute Gasteiger partial charge is 0.00446 e. The maximum atomic E-state index is 2.16. The van der Waals surface area contributed by atoms with Gasteiger partial charge in [-0.2, -0.15) is 11.8 Å². The predicted molar refractivity (Wildman–Crippen MR) is 49.0 cm³/mol. The molecular weight excluding hydrogens is 156 g/mol. The first-order valence-corrected chi connectivity index (χ1v) is 6.68. The fraction of sp³-hybridized carbons (Fsp3) is 1.00. The van der Waals surface area contributed by atoms with E-state index in [1.165, 1.54) is 17.9 Å². The molecule has 0 aliphatic carbocycles. The lowest BCUT2D eigenvalue weighted by atomic mass is 10.6. The van der Waals surface area contributed by atoms with Crippen LogP contribution in [-0.2, 0) is 0 Å². The molecule has 0 saturated heterocycles. The van der Waals surface area contributed by atoms with Crippen LogP contribution >= 0.6 is 33.3 Å². The van der Waals surface area contributed by atoms with Crippen molar-refractivity contribution in [2.24, 2.45) is 0 Å². The van der Waals surface area contributed by atoms with E-state index in [0.29, 0.717) is 0 Å². The highest BCUT2D eigenvalue weighted by Crippen LogP contribution is 2.17. The van der Waals surface area contributed by atoms with E-state index in [1.54, 1.807) is 0 Å². The maximum absolute atomic E-state index is 2.16. The second-order valence-corrected chi connectivity index (χ2v) is 5.00. The van der Waals surface area contributed by atoms with E-state index < -0.39 is 0 Å². The Kier molecular flexibility index (Phi) is 9.11. The Morgan fingerprint density at radius 1 is 1.12 bits per heavy atom. The van der Waals surface area contributed by atoms with Crippen molar-refractivity contribution in [2.45, 2.75) is 6.42 Å². The first kappa shape index (κ1) is 9.05. The second kappa shape index (κ2) is 8.05. The molecule has 0 aromatic carbocycles. The van der Waals surface area contributed by atoms with Crippen LogP contribution in [0.5, 0.6) is 0 Å². The molecule has 0 aromatic rings. The molecule has 0 aliphatic heterocycles. The summed E-state index contributed by atoms with van der Waals surface area (Å²) in [6.45, 7) is 0. The van der Waals surface area contributed by atoms with E-state index in [4.69, 9.17) is 0 Å². The van der Waals surface area contributed by atoms with Crippen LogP contribution in [0.1, 0.15) is 6.42 Å². The molecule has 0 N–H and O–H groups in total. The van der Waals surface area contributed by atoms with Crippen LogP contribution in [0, 0.1) is 0 Å². The van der Waals surface area contributed by atoms with Crippen molar-refractivity contribution in [3.63, 3.8) is 0 Å². The second-order valence-electron chi connectivity index (χ2n) is 1.33. The fourth-order valence-electron chi connectivity index (χ4n) is 0.346. The van der Waals surface area contributed by atoms with Gasteiger partial charge in [0.15, 0.2) is 0 Å². The average Bonchev–Trinajstić information content (AvgIpc) is 1.81. The van der Waals surface area contributed by atoms with Gasteiger partial charge in [0.1, 0.15) is 0 Å². The quantitative estimate of drug-likeness (QED) is 0.458. The van der Waals surface area contributed by atoms with Crippen LogP contribution < -0.4 is 0 Å². The van der Waals surface area contributed by atoms with Gasteiger partial charge in [-0.3, -0.25) is 0 Å². The average molecular weight is 168 g/mol. The third kappa shape index (κ3) is 7.05. The minimum Gasteiger partial charge on any atom is -0.165 e. The zero-order valence-corrected chi connectivity index (χ0v) is 7.80. The molecular formula is C5H12S3. The van der Waals surface area contributed by atoms with Crippen molar-refractivity contribution >= 4 is 33.3 Å². The summed E-state index contributed by atoms with van der Waals surface area (Å²) in [6, 6.07) is 0. The first-order valence-electron chi connectivity index (χ1n) is 2.56. The number of rotatable bonds is 5. The molecule has 8 heavy (non-hydrogen) atoms. The number of hydrogen-bond acceptors (Lipinski definition) is 3. The van der Waals surface area contributed by atoms with Crippen LogP contribution in [0.2, 0.25) is 0 Å². The highest BCUT2D eigenvalue weighted by Gasteiger charge is 1.84. The molecule has 0 fully saturated rings. The van der Waals surface area contributed by atoms with Gasteiger partial charge < -0.3 is 0 Å². The topological polar surface area (TPSA) is 0 Å². The van der Waals surface area contributed by atoms with Crippen molar-refractivity contribution < 1.29 is 0 Å². The summed E-state index contributed by atoms with van der Waals surface area (Å²) in [6.07, 6.45) is 5.64. The van der Waals surface area contributed by atoms with E-state index in [9.17, 15) is 0 Å². The Morgan fingerprint density at radius 3 is 2.38 bits per heavy atom. The molecule has 50 valence electrons.